The van der Waals surface area contributed by atoms with Crippen LogP contribution in [0.5, 0.6) is 5.75 Å². The first-order valence-electron chi connectivity index (χ1n) is 7.75. The van der Waals surface area contributed by atoms with E-state index in [1.807, 2.05) is 18.2 Å². The minimum absolute atomic E-state index is 0.594. The molecule has 0 heterocycles. The van der Waals surface area contributed by atoms with Gasteiger partial charge in [-0.1, -0.05) is 44.2 Å². The smallest absolute Gasteiger partial charge is 0.120 e. The zero-order valence-electron chi connectivity index (χ0n) is 13.0. The second kappa shape index (κ2) is 8.65. The lowest BCUT2D eigenvalue weighted by molar-refractivity contribution is 0.0819. The van der Waals surface area contributed by atoms with Gasteiger partial charge in [-0.3, -0.25) is 0 Å². The Morgan fingerprint density at radius 1 is 0.857 bits per heavy atom. The van der Waals surface area contributed by atoms with Crippen molar-refractivity contribution in [3.8, 4) is 5.75 Å². The number of benzene rings is 2. The second-order valence-corrected chi connectivity index (χ2v) is 5.00. The van der Waals surface area contributed by atoms with Crippen molar-refractivity contribution in [2.24, 2.45) is 0 Å². The van der Waals surface area contributed by atoms with Gasteiger partial charge in [0, 0.05) is 6.54 Å². The molecular weight excluding hydrogens is 262 g/mol. The van der Waals surface area contributed by atoms with Gasteiger partial charge in [-0.15, -0.1) is 0 Å². The van der Waals surface area contributed by atoms with E-state index in [2.05, 4.69) is 43.0 Å². The third-order valence-corrected chi connectivity index (χ3v) is 3.66. The third kappa shape index (κ3) is 5.03. The molecule has 3 heteroatoms. The van der Waals surface area contributed by atoms with Gasteiger partial charge in [0.2, 0.25) is 0 Å². The van der Waals surface area contributed by atoms with E-state index in [0.717, 1.165) is 32.0 Å². The van der Waals surface area contributed by atoms with E-state index >= 15 is 0 Å². The van der Waals surface area contributed by atoms with Crippen LogP contribution in [0, 0.1) is 0 Å². The van der Waals surface area contributed by atoms with Crippen molar-refractivity contribution in [3.63, 3.8) is 0 Å². The second-order valence-electron chi connectivity index (χ2n) is 5.00. The monoisotopic (exact) mass is 287 g/mol. The summed E-state index contributed by atoms with van der Waals surface area (Å²) in [6.07, 6.45) is 0. The maximum atomic E-state index is 5.74. The van der Waals surface area contributed by atoms with Gasteiger partial charge in [0.05, 0.1) is 13.2 Å². The molecule has 0 saturated carbocycles. The fourth-order valence-electron chi connectivity index (χ4n) is 2.31. The van der Waals surface area contributed by atoms with Crippen molar-refractivity contribution >= 4 is 10.8 Å². The Bertz CT molecular complexity index is 537. The highest BCUT2D eigenvalue weighted by molar-refractivity contribution is 5.83. The summed E-state index contributed by atoms with van der Waals surface area (Å²) in [5, 5.41) is 2.44. The third-order valence-electron chi connectivity index (χ3n) is 3.66. The average Bonchev–Trinajstić information content (AvgIpc) is 2.54. The molecule has 0 N–H and O–H groups in total. The highest BCUT2D eigenvalue weighted by Crippen LogP contribution is 2.20. The molecule has 0 spiro atoms. The fourth-order valence-corrected chi connectivity index (χ4v) is 2.31. The molecule has 0 fully saturated rings. The van der Waals surface area contributed by atoms with Crippen molar-refractivity contribution in [1.82, 2.24) is 4.90 Å². The number of fused-ring (bicyclic) bond motifs is 1. The molecule has 3 nitrogen and oxygen atoms in total. The van der Waals surface area contributed by atoms with E-state index < -0.39 is 0 Å². The van der Waals surface area contributed by atoms with Crippen LogP contribution in [0.1, 0.15) is 13.8 Å². The van der Waals surface area contributed by atoms with Crippen LogP contribution in [0.2, 0.25) is 0 Å². The van der Waals surface area contributed by atoms with Gasteiger partial charge >= 0.3 is 0 Å². The van der Waals surface area contributed by atoms with Crippen LogP contribution in [-0.4, -0.2) is 44.4 Å². The van der Waals surface area contributed by atoms with Crippen LogP contribution in [0.3, 0.4) is 0 Å². The molecule has 2 aromatic carbocycles. The normalized spacial score (nSPS) is 11.2. The Morgan fingerprint density at radius 2 is 1.62 bits per heavy atom. The summed E-state index contributed by atoms with van der Waals surface area (Å²) in [5.41, 5.74) is 0. The summed E-state index contributed by atoms with van der Waals surface area (Å²) >= 11 is 0. The highest BCUT2D eigenvalue weighted by Gasteiger charge is 1.99. The van der Waals surface area contributed by atoms with E-state index in [1.54, 1.807) is 0 Å². The molecular formula is C18H25NO2. The van der Waals surface area contributed by atoms with E-state index in [0.29, 0.717) is 13.2 Å². The van der Waals surface area contributed by atoms with Crippen LogP contribution in [0.15, 0.2) is 42.5 Å². The summed E-state index contributed by atoms with van der Waals surface area (Å²) in [5.74, 6) is 0.904. The minimum Gasteiger partial charge on any atom is -0.491 e. The SMILES string of the molecule is CCN(CC)CCOCCOc1ccc2ccccc2c1. The van der Waals surface area contributed by atoms with Gasteiger partial charge in [-0.2, -0.15) is 0 Å². The molecule has 0 radical (unpaired) electrons. The Balaban J connectivity index is 1.68. The molecule has 114 valence electrons. The van der Waals surface area contributed by atoms with Crippen LogP contribution in [-0.2, 0) is 4.74 Å². The predicted molar refractivity (Wildman–Crippen MR) is 88.1 cm³/mol. The minimum atomic E-state index is 0.594. The Kier molecular flexibility index (Phi) is 6.51. The van der Waals surface area contributed by atoms with Crippen molar-refractivity contribution in [2.45, 2.75) is 13.8 Å². The zero-order valence-corrected chi connectivity index (χ0v) is 13.0. The Morgan fingerprint density at radius 3 is 2.38 bits per heavy atom. The van der Waals surface area contributed by atoms with Crippen LogP contribution >= 0.6 is 0 Å². The average molecular weight is 287 g/mol. The summed E-state index contributed by atoms with van der Waals surface area (Å²) < 4.78 is 11.3. The number of likely N-dealkylation sites (N-methyl/N-ethyl adjacent to an activating group) is 1. The first-order chi connectivity index (χ1) is 10.3. The lowest BCUT2D eigenvalue weighted by atomic mass is 10.1. The molecule has 21 heavy (non-hydrogen) atoms. The van der Waals surface area contributed by atoms with Crippen LogP contribution in [0.25, 0.3) is 10.8 Å². The maximum Gasteiger partial charge on any atom is 0.120 e. The van der Waals surface area contributed by atoms with Gasteiger partial charge < -0.3 is 14.4 Å². The maximum absolute atomic E-state index is 5.74. The first-order valence-corrected chi connectivity index (χ1v) is 7.75. The molecule has 0 unspecified atom stereocenters. The molecule has 0 aliphatic heterocycles. The molecule has 0 atom stereocenters. The van der Waals surface area contributed by atoms with Crippen molar-refractivity contribution in [1.29, 1.82) is 0 Å². The van der Waals surface area contributed by atoms with Crippen molar-refractivity contribution < 1.29 is 9.47 Å². The largest absolute Gasteiger partial charge is 0.491 e. The molecule has 0 bridgehead atoms. The Labute approximate surface area is 127 Å². The van der Waals surface area contributed by atoms with Crippen molar-refractivity contribution in [2.75, 3.05) is 39.5 Å². The molecule has 0 amide bonds. The standard InChI is InChI=1S/C18H25NO2/c1-3-19(4-2)11-12-20-13-14-21-18-10-9-16-7-5-6-8-17(16)15-18/h5-10,15H,3-4,11-14H2,1-2H3. The topological polar surface area (TPSA) is 21.7 Å². The number of nitrogens with zero attached hydrogens (tertiary/aromatic N) is 1. The number of hydrogen-bond donors (Lipinski definition) is 0. The van der Waals surface area contributed by atoms with E-state index in [4.69, 9.17) is 9.47 Å². The molecule has 2 rings (SSSR count). The highest BCUT2D eigenvalue weighted by atomic mass is 16.5. The van der Waals surface area contributed by atoms with E-state index in [1.165, 1.54) is 10.8 Å². The van der Waals surface area contributed by atoms with Gasteiger partial charge in [-0.05, 0) is 36.0 Å². The quantitative estimate of drug-likeness (QED) is 0.658. The van der Waals surface area contributed by atoms with Crippen molar-refractivity contribution in [3.05, 3.63) is 42.5 Å². The molecule has 0 saturated heterocycles. The van der Waals surface area contributed by atoms with Gasteiger partial charge in [0.1, 0.15) is 12.4 Å². The molecule has 2 aromatic rings. The Hall–Kier alpha value is -1.58. The van der Waals surface area contributed by atoms with E-state index in [-0.39, 0.29) is 0 Å². The fraction of sp³-hybridized carbons (Fsp3) is 0.444. The first kappa shape index (κ1) is 15.8. The summed E-state index contributed by atoms with van der Waals surface area (Å²) in [4.78, 5) is 2.35. The van der Waals surface area contributed by atoms with Gasteiger partial charge in [0.15, 0.2) is 0 Å². The molecule has 0 aromatic heterocycles. The summed E-state index contributed by atoms with van der Waals surface area (Å²) in [6, 6.07) is 14.5. The lowest BCUT2D eigenvalue weighted by Gasteiger charge is -2.17. The van der Waals surface area contributed by atoms with E-state index in [9.17, 15) is 0 Å². The summed E-state index contributed by atoms with van der Waals surface area (Å²) in [6.45, 7) is 9.48. The molecule has 0 aliphatic carbocycles. The summed E-state index contributed by atoms with van der Waals surface area (Å²) in [7, 11) is 0. The van der Waals surface area contributed by atoms with Crippen LogP contribution in [0.4, 0.5) is 0 Å². The molecule has 0 aliphatic rings. The van der Waals surface area contributed by atoms with Gasteiger partial charge in [-0.25, -0.2) is 0 Å². The number of ether oxygens (including phenoxy) is 2. The predicted octanol–water partition coefficient (Wildman–Crippen LogP) is 3.58. The van der Waals surface area contributed by atoms with Crippen LogP contribution < -0.4 is 4.74 Å². The number of rotatable bonds is 9. The zero-order chi connectivity index (χ0) is 14.9. The van der Waals surface area contributed by atoms with Gasteiger partial charge in [0.25, 0.3) is 0 Å². The lowest BCUT2D eigenvalue weighted by Crippen LogP contribution is -2.27. The number of hydrogen-bond acceptors (Lipinski definition) is 3.